The lowest BCUT2D eigenvalue weighted by Gasteiger charge is -2.38. The van der Waals surface area contributed by atoms with E-state index in [0.717, 1.165) is 12.0 Å². The summed E-state index contributed by atoms with van der Waals surface area (Å²) in [5.41, 5.74) is 1.58. The van der Waals surface area contributed by atoms with E-state index >= 15 is 4.39 Å². The zero-order valence-electron chi connectivity index (χ0n) is 25.1. The summed E-state index contributed by atoms with van der Waals surface area (Å²) in [4.78, 5) is 0. The molecule has 3 aliphatic rings. The fourth-order valence-corrected chi connectivity index (χ4v) is 7.25. The second kappa shape index (κ2) is 14.1. The number of benzene rings is 2. The van der Waals surface area contributed by atoms with Crippen LogP contribution >= 0.6 is 0 Å². The van der Waals surface area contributed by atoms with Gasteiger partial charge in [0.05, 0.1) is 19.1 Å². The second-order valence-electron chi connectivity index (χ2n) is 12.9. The highest BCUT2D eigenvalue weighted by Gasteiger charge is 2.44. The molecule has 0 radical (unpaired) electrons. The van der Waals surface area contributed by atoms with E-state index in [1.165, 1.54) is 69.6 Å². The van der Waals surface area contributed by atoms with Crippen molar-refractivity contribution in [3.63, 3.8) is 0 Å². The van der Waals surface area contributed by atoms with Crippen LogP contribution in [0.25, 0.3) is 0 Å². The Morgan fingerprint density at radius 2 is 1.52 bits per heavy atom. The summed E-state index contributed by atoms with van der Waals surface area (Å²) >= 11 is 0. The fraction of sp³-hybridized carbons (Fsp3) is 0.657. The topological polar surface area (TPSA) is 27.7 Å². The molecule has 5 rings (SSSR count). The number of ether oxygens (including phenoxy) is 3. The van der Waals surface area contributed by atoms with Crippen molar-refractivity contribution in [2.75, 3.05) is 13.2 Å². The third-order valence-electron chi connectivity index (χ3n) is 10.0. The van der Waals surface area contributed by atoms with E-state index in [-0.39, 0.29) is 30.3 Å². The molecule has 2 saturated carbocycles. The zero-order valence-corrected chi connectivity index (χ0v) is 25.1. The molecule has 0 bridgehead atoms. The lowest BCUT2D eigenvalue weighted by Crippen LogP contribution is -2.37. The number of aryl methyl sites for hydroxylation is 1. The van der Waals surface area contributed by atoms with Crippen LogP contribution < -0.4 is 4.74 Å². The van der Waals surface area contributed by atoms with Gasteiger partial charge in [-0.25, -0.2) is 8.78 Å². The number of unbranched alkanes of at least 4 members (excludes halogenated alkanes) is 2. The van der Waals surface area contributed by atoms with Gasteiger partial charge in [-0.3, -0.25) is 0 Å². The first-order valence-corrected chi connectivity index (χ1v) is 16.1. The molecule has 0 N–H and O–H groups in total. The molecule has 1 saturated heterocycles. The molecule has 0 spiro atoms. The van der Waals surface area contributed by atoms with Gasteiger partial charge in [-0.2, -0.15) is 8.78 Å². The molecule has 1 heterocycles. The van der Waals surface area contributed by atoms with E-state index in [4.69, 9.17) is 14.2 Å². The number of hydrogen-bond donors (Lipinski definition) is 0. The maximum Gasteiger partial charge on any atom is 0.400 e. The summed E-state index contributed by atoms with van der Waals surface area (Å²) in [5.74, 6) is -0.351. The molecule has 0 atom stereocenters. The molecule has 42 heavy (non-hydrogen) atoms. The molecular formula is C35H46F4O3. The van der Waals surface area contributed by atoms with Crippen molar-refractivity contribution >= 4 is 0 Å². The van der Waals surface area contributed by atoms with Gasteiger partial charge >= 0.3 is 6.11 Å². The van der Waals surface area contributed by atoms with Gasteiger partial charge in [-0.05, 0) is 86.5 Å². The lowest BCUT2D eigenvalue weighted by atomic mass is 9.74. The van der Waals surface area contributed by atoms with Crippen molar-refractivity contribution in [3.8, 4) is 5.75 Å². The Kier molecular flexibility index (Phi) is 10.5. The Balaban J connectivity index is 1.08. The average Bonchev–Trinajstić information content (AvgIpc) is 2.99. The molecule has 0 unspecified atom stereocenters. The highest BCUT2D eigenvalue weighted by Crippen LogP contribution is 2.44. The summed E-state index contributed by atoms with van der Waals surface area (Å²) in [6.07, 6.45) is 7.68. The van der Waals surface area contributed by atoms with Crippen LogP contribution in [0.15, 0.2) is 36.4 Å². The molecule has 0 amide bonds. The van der Waals surface area contributed by atoms with E-state index in [2.05, 4.69) is 6.92 Å². The van der Waals surface area contributed by atoms with Gasteiger partial charge in [0.15, 0.2) is 6.29 Å². The number of alkyl halides is 2. The van der Waals surface area contributed by atoms with Crippen LogP contribution in [0.3, 0.4) is 0 Å². The minimum atomic E-state index is -3.42. The normalized spacial score (nSPS) is 28.9. The van der Waals surface area contributed by atoms with Crippen LogP contribution in [0.4, 0.5) is 17.6 Å². The molecule has 2 aliphatic carbocycles. The zero-order chi connectivity index (χ0) is 29.7. The van der Waals surface area contributed by atoms with Crippen molar-refractivity contribution in [2.45, 2.75) is 109 Å². The highest BCUT2D eigenvalue weighted by molar-refractivity contribution is 5.30. The first-order valence-electron chi connectivity index (χ1n) is 16.1. The van der Waals surface area contributed by atoms with E-state index in [1.54, 1.807) is 13.0 Å². The van der Waals surface area contributed by atoms with Crippen LogP contribution in [-0.4, -0.2) is 19.3 Å². The van der Waals surface area contributed by atoms with Crippen LogP contribution in [0.2, 0.25) is 0 Å². The summed E-state index contributed by atoms with van der Waals surface area (Å²) in [6, 6.07) is 8.87. The third kappa shape index (κ3) is 7.68. The monoisotopic (exact) mass is 590 g/mol. The molecule has 3 fully saturated rings. The molecule has 1 aliphatic heterocycles. The third-order valence-corrected chi connectivity index (χ3v) is 10.0. The van der Waals surface area contributed by atoms with Gasteiger partial charge in [0.1, 0.15) is 17.4 Å². The smallest absolute Gasteiger partial charge is 0.400 e. The predicted molar refractivity (Wildman–Crippen MR) is 156 cm³/mol. The molecular weight excluding hydrogens is 544 g/mol. The predicted octanol–water partition coefficient (Wildman–Crippen LogP) is 10.3. The van der Waals surface area contributed by atoms with Crippen LogP contribution in [-0.2, 0) is 9.47 Å². The van der Waals surface area contributed by atoms with Crippen molar-refractivity contribution < 1.29 is 31.8 Å². The second-order valence-corrected chi connectivity index (χ2v) is 12.9. The van der Waals surface area contributed by atoms with Crippen LogP contribution in [0, 0.1) is 42.2 Å². The van der Waals surface area contributed by atoms with Crippen molar-refractivity contribution in [1.29, 1.82) is 0 Å². The Morgan fingerprint density at radius 3 is 2.17 bits per heavy atom. The maximum absolute atomic E-state index is 15.3. The average molecular weight is 591 g/mol. The van der Waals surface area contributed by atoms with E-state index in [0.29, 0.717) is 54.6 Å². The number of hydrogen-bond acceptors (Lipinski definition) is 3. The fourth-order valence-electron chi connectivity index (χ4n) is 7.25. The molecule has 232 valence electrons. The summed E-state index contributed by atoms with van der Waals surface area (Å²) in [5, 5.41) is 0. The Bertz CT molecular complexity index is 1150. The molecule has 0 aromatic heterocycles. The van der Waals surface area contributed by atoms with E-state index in [9.17, 15) is 13.2 Å². The van der Waals surface area contributed by atoms with Crippen molar-refractivity contribution in [1.82, 2.24) is 0 Å². The van der Waals surface area contributed by atoms with Gasteiger partial charge in [-0.1, -0.05) is 63.6 Å². The SMILES string of the molecule is CCCCCC1CCC(C2COC(c3ccc(C4CCC(C(F)(F)Oc5ccc(C)c(F)c5)CC4)c(F)c3)OC2)CC1. The Labute approximate surface area is 248 Å². The molecule has 3 nitrogen and oxygen atoms in total. The van der Waals surface area contributed by atoms with Crippen molar-refractivity contribution in [3.05, 3.63) is 64.7 Å². The standard InChI is InChI=1S/C35H46F4O3/c1-3-4-5-6-24-8-10-25(11-9-24)28-21-40-34(41-22-28)27-14-18-31(33(37)19-27)26-12-15-29(16-13-26)35(38,39)42-30-17-7-23(2)32(36)20-30/h7,14,17-20,24-26,28-29,34H,3-6,8-13,15-16,21-22H2,1-2H3. The molecule has 2 aromatic rings. The molecule has 7 heteroatoms. The summed E-state index contributed by atoms with van der Waals surface area (Å²) in [7, 11) is 0. The summed E-state index contributed by atoms with van der Waals surface area (Å²) < 4.78 is 75.9. The van der Waals surface area contributed by atoms with Gasteiger partial charge in [0.2, 0.25) is 0 Å². The largest absolute Gasteiger partial charge is 0.432 e. The van der Waals surface area contributed by atoms with Crippen molar-refractivity contribution in [2.24, 2.45) is 23.7 Å². The maximum atomic E-state index is 15.3. The van der Waals surface area contributed by atoms with Gasteiger partial charge in [0.25, 0.3) is 0 Å². The number of rotatable bonds is 10. The van der Waals surface area contributed by atoms with Gasteiger partial charge < -0.3 is 14.2 Å². The van der Waals surface area contributed by atoms with Crippen LogP contribution in [0.5, 0.6) is 5.75 Å². The molecule has 2 aromatic carbocycles. The first-order chi connectivity index (χ1) is 20.2. The van der Waals surface area contributed by atoms with Gasteiger partial charge in [0, 0.05) is 17.5 Å². The minimum absolute atomic E-state index is 0.141. The van der Waals surface area contributed by atoms with Gasteiger partial charge in [-0.15, -0.1) is 0 Å². The number of halogens is 4. The Morgan fingerprint density at radius 1 is 0.810 bits per heavy atom. The Hall–Kier alpha value is -2.12. The van der Waals surface area contributed by atoms with E-state index in [1.807, 2.05) is 6.07 Å². The lowest BCUT2D eigenvalue weighted by molar-refractivity contribution is -0.222. The van der Waals surface area contributed by atoms with E-state index < -0.39 is 24.1 Å². The first kappa shape index (κ1) is 31.3. The minimum Gasteiger partial charge on any atom is -0.432 e. The highest BCUT2D eigenvalue weighted by atomic mass is 19.3. The summed E-state index contributed by atoms with van der Waals surface area (Å²) in [6.45, 7) is 5.09. The quantitative estimate of drug-likeness (QED) is 0.204. The van der Waals surface area contributed by atoms with Crippen LogP contribution in [0.1, 0.15) is 113 Å².